The van der Waals surface area contributed by atoms with Gasteiger partial charge >= 0.3 is 0 Å². The summed E-state index contributed by atoms with van der Waals surface area (Å²) in [5.41, 5.74) is 7.37. The molecule has 4 N–H and O–H groups in total. The molecule has 0 radical (unpaired) electrons. The normalized spacial score (nSPS) is 19.9. The van der Waals surface area contributed by atoms with Crippen molar-refractivity contribution in [2.45, 2.75) is 0 Å². The molecule has 2 aromatic rings. The molecule has 9 heteroatoms. The van der Waals surface area contributed by atoms with E-state index in [-0.39, 0.29) is 0 Å². The third-order valence-electron chi connectivity index (χ3n) is 4.67. The number of nitrogens with zero attached hydrogens (tertiary/aromatic N) is 4. The SMILES string of the molecule is C=CC(N=CC(N)=O)=c1ccc2n[nH]c(=C3C=C(N4CCOCC4)N=CN3)c2c1. The first-order valence-corrected chi connectivity index (χ1v) is 9.18. The number of aromatic amines is 1. The minimum Gasteiger partial charge on any atom is -0.378 e. The summed E-state index contributed by atoms with van der Waals surface area (Å²) in [6, 6.07) is 5.71. The molecule has 1 aromatic heterocycles. The molecule has 3 heterocycles. The molecule has 1 amide bonds. The molecule has 1 saturated heterocycles. The molecule has 2 aliphatic heterocycles. The Bertz CT molecular complexity index is 1170. The molecule has 0 spiro atoms. The van der Waals surface area contributed by atoms with Crippen LogP contribution in [0.1, 0.15) is 0 Å². The van der Waals surface area contributed by atoms with Crippen LogP contribution in [0.15, 0.2) is 52.7 Å². The summed E-state index contributed by atoms with van der Waals surface area (Å²) in [6.07, 6.45) is 6.32. The van der Waals surface area contributed by atoms with Crippen LogP contribution in [0.5, 0.6) is 0 Å². The standard InChI is InChI=1S/C20H21N7O2/c1-2-15(22-11-18(21)28)13-3-4-16-14(9-13)20(26-25-16)17-10-19(24-12-23-17)27-5-7-29-8-6-27/h2-4,9-12,26H,1,5-8H2,(H2,21,28)(H,23,24). The molecule has 29 heavy (non-hydrogen) atoms. The molecule has 9 nitrogen and oxygen atoms in total. The van der Waals surface area contributed by atoms with Gasteiger partial charge in [-0.15, -0.1) is 0 Å². The van der Waals surface area contributed by atoms with Crippen LogP contribution in [0.25, 0.3) is 22.3 Å². The van der Waals surface area contributed by atoms with E-state index in [9.17, 15) is 4.79 Å². The Morgan fingerprint density at radius 1 is 1.34 bits per heavy atom. The number of carbonyl (C=O) groups excluding carboxylic acids is 1. The number of morpholine rings is 1. The van der Waals surface area contributed by atoms with Crippen LogP contribution < -0.4 is 21.6 Å². The van der Waals surface area contributed by atoms with Crippen LogP contribution in [0.4, 0.5) is 0 Å². The van der Waals surface area contributed by atoms with E-state index in [4.69, 9.17) is 10.5 Å². The minimum atomic E-state index is -0.614. The maximum atomic E-state index is 11.0. The predicted molar refractivity (Wildman–Crippen MR) is 112 cm³/mol. The molecule has 0 atom stereocenters. The molecular weight excluding hydrogens is 370 g/mol. The number of hydrogen-bond acceptors (Lipinski definition) is 7. The van der Waals surface area contributed by atoms with Crippen molar-refractivity contribution in [3.8, 4) is 0 Å². The number of nitrogens with one attached hydrogen (secondary N) is 2. The summed E-state index contributed by atoms with van der Waals surface area (Å²) >= 11 is 0. The number of benzene rings is 1. The van der Waals surface area contributed by atoms with Crippen molar-refractivity contribution < 1.29 is 9.53 Å². The lowest BCUT2D eigenvalue weighted by molar-refractivity contribution is -0.111. The fourth-order valence-electron chi connectivity index (χ4n) is 3.24. The number of H-pyrrole nitrogens is 1. The second-order valence-electron chi connectivity index (χ2n) is 6.50. The van der Waals surface area contributed by atoms with Crippen molar-refractivity contribution in [2.75, 3.05) is 26.3 Å². The largest absolute Gasteiger partial charge is 0.378 e. The number of primary amides is 1. The third kappa shape index (κ3) is 3.94. The van der Waals surface area contributed by atoms with Gasteiger partial charge in [-0.2, -0.15) is 5.10 Å². The number of fused-ring (bicyclic) bond motifs is 1. The van der Waals surface area contributed by atoms with Crippen molar-refractivity contribution in [2.24, 2.45) is 15.7 Å². The zero-order valence-corrected chi connectivity index (χ0v) is 15.8. The predicted octanol–water partition coefficient (Wildman–Crippen LogP) is -0.673. The van der Waals surface area contributed by atoms with Gasteiger partial charge in [0.2, 0.25) is 0 Å². The second kappa shape index (κ2) is 8.11. The van der Waals surface area contributed by atoms with Gasteiger partial charge in [0.25, 0.3) is 5.91 Å². The van der Waals surface area contributed by atoms with E-state index in [0.717, 1.165) is 52.3 Å². The number of rotatable bonds is 4. The molecule has 0 aliphatic carbocycles. The van der Waals surface area contributed by atoms with E-state index < -0.39 is 5.91 Å². The lowest BCUT2D eigenvalue weighted by Gasteiger charge is -2.29. The zero-order chi connectivity index (χ0) is 20.2. The van der Waals surface area contributed by atoms with Gasteiger partial charge in [-0.3, -0.25) is 14.9 Å². The average Bonchev–Trinajstić information content (AvgIpc) is 3.18. The maximum absolute atomic E-state index is 11.0. The monoisotopic (exact) mass is 391 g/mol. The van der Waals surface area contributed by atoms with Gasteiger partial charge in [0.05, 0.1) is 48.0 Å². The van der Waals surface area contributed by atoms with Crippen LogP contribution in [-0.2, 0) is 9.53 Å². The van der Waals surface area contributed by atoms with E-state index in [0.29, 0.717) is 18.9 Å². The third-order valence-corrected chi connectivity index (χ3v) is 4.67. The summed E-state index contributed by atoms with van der Waals surface area (Å²) in [5, 5.41) is 13.2. The fourth-order valence-corrected chi connectivity index (χ4v) is 3.24. The Hall–Kier alpha value is -3.72. The fraction of sp³-hybridized carbons (Fsp3) is 0.200. The van der Waals surface area contributed by atoms with Gasteiger partial charge in [0.1, 0.15) is 5.82 Å². The topological polar surface area (TPSA) is 121 Å². The Balaban J connectivity index is 1.84. The lowest BCUT2D eigenvalue weighted by atomic mass is 10.1. The zero-order valence-electron chi connectivity index (χ0n) is 15.8. The number of nitrogens with two attached hydrogens (primary N) is 1. The molecular formula is C20H21N7O2. The Morgan fingerprint density at radius 2 is 2.17 bits per heavy atom. The van der Waals surface area contributed by atoms with Gasteiger partial charge in [0, 0.05) is 29.8 Å². The number of carbonyl (C=O) groups is 1. The Labute approximate surface area is 166 Å². The van der Waals surface area contributed by atoms with Crippen LogP contribution >= 0.6 is 0 Å². The molecule has 0 unspecified atom stereocenters. The van der Waals surface area contributed by atoms with Gasteiger partial charge in [-0.05, 0) is 18.2 Å². The highest BCUT2D eigenvalue weighted by molar-refractivity contribution is 6.26. The van der Waals surface area contributed by atoms with Crippen molar-refractivity contribution >= 4 is 40.8 Å². The van der Waals surface area contributed by atoms with Gasteiger partial charge in [-0.1, -0.05) is 12.6 Å². The van der Waals surface area contributed by atoms with E-state index in [1.165, 1.54) is 0 Å². The van der Waals surface area contributed by atoms with Crippen LogP contribution in [0.3, 0.4) is 0 Å². The summed E-state index contributed by atoms with van der Waals surface area (Å²) in [7, 11) is 0. The lowest BCUT2D eigenvalue weighted by Crippen LogP contribution is -2.36. The maximum Gasteiger partial charge on any atom is 0.259 e. The van der Waals surface area contributed by atoms with E-state index in [2.05, 4.69) is 37.0 Å². The number of aliphatic imine (C=N–C) groups is 2. The summed E-state index contributed by atoms with van der Waals surface area (Å²) < 4.78 is 5.42. The molecule has 1 fully saturated rings. The van der Waals surface area contributed by atoms with E-state index >= 15 is 0 Å². The number of amides is 1. The molecule has 0 bridgehead atoms. The van der Waals surface area contributed by atoms with Gasteiger partial charge < -0.3 is 20.7 Å². The minimum absolute atomic E-state index is 0.547. The van der Waals surface area contributed by atoms with Crippen LogP contribution in [0.2, 0.25) is 0 Å². The van der Waals surface area contributed by atoms with Crippen LogP contribution in [-0.4, -0.2) is 59.9 Å². The van der Waals surface area contributed by atoms with Gasteiger partial charge in [0.15, 0.2) is 0 Å². The van der Waals surface area contributed by atoms with E-state index in [1.54, 1.807) is 12.4 Å². The summed E-state index contributed by atoms with van der Waals surface area (Å²) in [6.45, 7) is 6.77. The Morgan fingerprint density at radius 3 is 2.93 bits per heavy atom. The van der Waals surface area contributed by atoms with E-state index in [1.807, 2.05) is 24.3 Å². The first-order chi connectivity index (χ1) is 14.2. The number of aromatic nitrogens is 2. The van der Waals surface area contributed by atoms with Gasteiger partial charge in [-0.25, -0.2) is 4.99 Å². The average molecular weight is 391 g/mol. The first kappa shape index (κ1) is 18.6. The highest BCUT2D eigenvalue weighted by Crippen LogP contribution is 2.14. The van der Waals surface area contributed by atoms with Crippen molar-refractivity contribution in [1.82, 2.24) is 20.4 Å². The molecule has 4 rings (SSSR count). The molecule has 148 valence electrons. The summed E-state index contributed by atoms with van der Waals surface area (Å²) in [4.78, 5) is 21.8. The first-order valence-electron chi connectivity index (χ1n) is 9.18. The Kier molecular flexibility index (Phi) is 5.21. The molecule has 1 aromatic carbocycles. The highest BCUT2D eigenvalue weighted by Gasteiger charge is 2.16. The number of hydrogen-bond donors (Lipinski definition) is 3. The highest BCUT2D eigenvalue weighted by atomic mass is 16.5. The number of ether oxygens (including phenoxy) is 1. The summed E-state index contributed by atoms with van der Waals surface area (Å²) in [5.74, 6) is 0.266. The van der Waals surface area contributed by atoms with Crippen LogP contribution in [0, 0.1) is 0 Å². The quantitative estimate of drug-likeness (QED) is 0.597. The van der Waals surface area contributed by atoms with Crippen molar-refractivity contribution in [3.63, 3.8) is 0 Å². The molecule has 2 aliphatic rings. The van der Waals surface area contributed by atoms with Crippen molar-refractivity contribution in [1.29, 1.82) is 0 Å². The smallest absolute Gasteiger partial charge is 0.259 e. The second-order valence-corrected chi connectivity index (χ2v) is 6.50. The molecule has 0 saturated carbocycles. The van der Waals surface area contributed by atoms with Crippen molar-refractivity contribution in [3.05, 3.63) is 53.3 Å².